The van der Waals surface area contributed by atoms with Gasteiger partial charge in [-0.2, -0.15) is 0 Å². The molecule has 0 aromatic heterocycles. The van der Waals surface area contributed by atoms with Gasteiger partial charge >= 0.3 is 5.97 Å². The minimum absolute atomic E-state index is 0.0781. The molecule has 4 rings (SSSR count). The number of anilines is 2. The number of rotatable bonds is 3. The van der Waals surface area contributed by atoms with Gasteiger partial charge in [-0.25, -0.2) is 4.79 Å². The van der Waals surface area contributed by atoms with E-state index in [2.05, 4.69) is 4.90 Å². The molecule has 1 fully saturated rings. The van der Waals surface area contributed by atoms with E-state index in [4.69, 9.17) is 9.47 Å². The third-order valence-electron chi connectivity index (χ3n) is 5.52. The normalized spacial score (nSPS) is 16.4. The van der Waals surface area contributed by atoms with Crippen LogP contribution >= 0.6 is 0 Å². The summed E-state index contributed by atoms with van der Waals surface area (Å²) >= 11 is 0. The molecule has 2 aliphatic heterocycles. The van der Waals surface area contributed by atoms with Crippen molar-refractivity contribution in [2.45, 2.75) is 25.7 Å². The molecule has 0 radical (unpaired) electrons. The Morgan fingerprint density at radius 3 is 2.34 bits per heavy atom. The first-order valence-corrected chi connectivity index (χ1v) is 10.2. The van der Waals surface area contributed by atoms with Crippen LogP contribution in [0, 0.1) is 0 Å². The van der Waals surface area contributed by atoms with Gasteiger partial charge in [0, 0.05) is 30.9 Å². The molecule has 6 nitrogen and oxygen atoms in total. The summed E-state index contributed by atoms with van der Waals surface area (Å²) in [6.07, 6.45) is 4.20. The highest BCUT2D eigenvalue weighted by molar-refractivity contribution is 5.95. The van der Waals surface area contributed by atoms with Crippen molar-refractivity contribution < 1.29 is 19.1 Å². The van der Waals surface area contributed by atoms with Gasteiger partial charge in [0.05, 0.1) is 25.0 Å². The SMILES string of the molecule is COC(=O)c1ccc(N2CCCOc3cc(C(=O)N4CCCCC4)ccc32)cc1. The van der Waals surface area contributed by atoms with Gasteiger partial charge in [0.15, 0.2) is 0 Å². The standard InChI is InChI=1S/C23H26N2O4/c1-28-23(27)17-6-9-19(10-7-17)25-14-5-15-29-21-16-18(8-11-20(21)25)22(26)24-12-3-2-4-13-24/h6-11,16H,2-5,12-15H2,1H3. The number of ether oxygens (including phenoxy) is 2. The first-order chi connectivity index (χ1) is 14.2. The molecule has 0 unspecified atom stereocenters. The lowest BCUT2D eigenvalue weighted by Gasteiger charge is -2.28. The predicted molar refractivity (Wildman–Crippen MR) is 111 cm³/mol. The molecule has 2 heterocycles. The Morgan fingerprint density at radius 2 is 1.62 bits per heavy atom. The van der Waals surface area contributed by atoms with Gasteiger partial charge in [0.1, 0.15) is 5.75 Å². The Labute approximate surface area is 171 Å². The average Bonchev–Trinajstić information content (AvgIpc) is 3.00. The first kappa shape index (κ1) is 19.3. The third kappa shape index (κ3) is 4.06. The highest BCUT2D eigenvalue weighted by Crippen LogP contribution is 2.37. The van der Waals surface area contributed by atoms with Gasteiger partial charge < -0.3 is 19.3 Å². The van der Waals surface area contributed by atoms with Gasteiger partial charge in [-0.3, -0.25) is 4.79 Å². The lowest BCUT2D eigenvalue weighted by molar-refractivity contribution is 0.0600. The molecule has 0 atom stereocenters. The highest BCUT2D eigenvalue weighted by atomic mass is 16.5. The highest BCUT2D eigenvalue weighted by Gasteiger charge is 2.23. The van der Waals surface area contributed by atoms with E-state index < -0.39 is 0 Å². The molecule has 0 bridgehead atoms. The van der Waals surface area contributed by atoms with E-state index in [0.717, 1.165) is 56.0 Å². The fourth-order valence-electron chi connectivity index (χ4n) is 3.95. The number of methoxy groups -OCH3 is 1. The van der Waals surface area contributed by atoms with E-state index >= 15 is 0 Å². The van der Waals surface area contributed by atoms with Crippen LogP contribution in [0.2, 0.25) is 0 Å². The van der Waals surface area contributed by atoms with Crippen LogP contribution in [0.15, 0.2) is 42.5 Å². The summed E-state index contributed by atoms with van der Waals surface area (Å²) < 4.78 is 10.7. The number of piperidine rings is 1. The largest absolute Gasteiger partial charge is 0.491 e. The van der Waals surface area contributed by atoms with Crippen molar-refractivity contribution in [1.29, 1.82) is 0 Å². The molecule has 0 spiro atoms. The molecule has 1 saturated heterocycles. The fraction of sp³-hybridized carbons (Fsp3) is 0.391. The Hall–Kier alpha value is -3.02. The van der Waals surface area contributed by atoms with E-state index in [1.165, 1.54) is 13.5 Å². The molecular weight excluding hydrogens is 368 g/mol. The zero-order valence-corrected chi connectivity index (χ0v) is 16.7. The van der Waals surface area contributed by atoms with Gasteiger partial charge in [-0.1, -0.05) is 0 Å². The van der Waals surface area contributed by atoms with Gasteiger partial charge in [-0.05, 0) is 68.1 Å². The number of esters is 1. The van der Waals surface area contributed by atoms with Crippen LogP contribution in [0.5, 0.6) is 5.75 Å². The number of carbonyl (C=O) groups is 2. The minimum atomic E-state index is -0.350. The molecular formula is C23H26N2O4. The zero-order valence-electron chi connectivity index (χ0n) is 16.7. The molecule has 2 aliphatic rings. The third-order valence-corrected chi connectivity index (χ3v) is 5.52. The fourth-order valence-corrected chi connectivity index (χ4v) is 3.95. The Kier molecular flexibility index (Phi) is 5.69. The molecule has 0 N–H and O–H groups in total. The summed E-state index contributed by atoms with van der Waals surface area (Å²) in [7, 11) is 1.38. The van der Waals surface area contributed by atoms with E-state index in [1.54, 1.807) is 12.1 Å². The molecule has 2 aromatic carbocycles. The number of likely N-dealkylation sites (tertiary alicyclic amines) is 1. The zero-order chi connectivity index (χ0) is 20.2. The minimum Gasteiger partial charge on any atom is -0.491 e. The maximum Gasteiger partial charge on any atom is 0.337 e. The number of fused-ring (bicyclic) bond motifs is 1. The van der Waals surface area contributed by atoms with Crippen molar-refractivity contribution in [2.24, 2.45) is 0 Å². The van der Waals surface area contributed by atoms with Crippen molar-refractivity contribution in [3.8, 4) is 5.75 Å². The summed E-state index contributed by atoms with van der Waals surface area (Å²) in [5.74, 6) is 0.453. The molecule has 0 aliphatic carbocycles. The van der Waals surface area contributed by atoms with Gasteiger partial charge in [0.2, 0.25) is 0 Å². The van der Waals surface area contributed by atoms with E-state index in [9.17, 15) is 9.59 Å². The lowest BCUT2D eigenvalue weighted by Crippen LogP contribution is -2.35. The van der Waals surface area contributed by atoms with Gasteiger partial charge in [0.25, 0.3) is 5.91 Å². The number of hydrogen-bond donors (Lipinski definition) is 0. The number of amides is 1. The van der Waals surface area contributed by atoms with Crippen molar-refractivity contribution in [1.82, 2.24) is 4.90 Å². The van der Waals surface area contributed by atoms with Crippen LogP contribution in [-0.4, -0.2) is 50.1 Å². The second-order valence-corrected chi connectivity index (χ2v) is 7.43. The van der Waals surface area contributed by atoms with E-state index in [1.807, 2.05) is 35.2 Å². The van der Waals surface area contributed by atoms with Crippen molar-refractivity contribution in [3.05, 3.63) is 53.6 Å². The van der Waals surface area contributed by atoms with Crippen LogP contribution in [0.25, 0.3) is 0 Å². The Morgan fingerprint density at radius 1 is 0.897 bits per heavy atom. The summed E-state index contributed by atoms with van der Waals surface area (Å²) in [5, 5.41) is 0. The molecule has 29 heavy (non-hydrogen) atoms. The molecule has 2 aromatic rings. The monoisotopic (exact) mass is 394 g/mol. The maximum absolute atomic E-state index is 12.9. The number of benzene rings is 2. The number of hydrogen-bond acceptors (Lipinski definition) is 5. The topological polar surface area (TPSA) is 59.1 Å². The van der Waals surface area contributed by atoms with E-state index in [-0.39, 0.29) is 11.9 Å². The predicted octanol–water partition coefficient (Wildman–Crippen LogP) is 4.02. The Balaban J connectivity index is 1.61. The molecule has 152 valence electrons. The number of nitrogens with zero attached hydrogens (tertiary/aromatic N) is 2. The van der Waals surface area contributed by atoms with Crippen LogP contribution in [0.3, 0.4) is 0 Å². The van der Waals surface area contributed by atoms with Crippen molar-refractivity contribution >= 4 is 23.3 Å². The summed E-state index contributed by atoms with van der Waals surface area (Å²) in [5.41, 5.74) is 3.10. The summed E-state index contributed by atoms with van der Waals surface area (Å²) in [6, 6.07) is 13.1. The van der Waals surface area contributed by atoms with Crippen LogP contribution in [0.4, 0.5) is 11.4 Å². The molecule has 6 heteroatoms. The van der Waals surface area contributed by atoms with Crippen molar-refractivity contribution in [3.63, 3.8) is 0 Å². The average molecular weight is 394 g/mol. The second-order valence-electron chi connectivity index (χ2n) is 7.43. The second kappa shape index (κ2) is 8.55. The van der Waals surface area contributed by atoms with Crippen LogP contribution in [0.1, 0.15) is 46.4 Å². The Bertz CT molecular complexity index is 888. The lowest BCUT2D eigenvalue weighted by atomic mass is 10.1. The van der Waals surface area contributed by atoms with Gasteiger partial charge in [-0.15, -0.1) is 0 Å². The van der Waals surface area contributed by atoms with E-state index in [0.29, 0.717) is 17.7 Å². The van der Waals surface area contributed by atoms with Crippen LogP contribution < -0.4 is 9.64 Å². The summed E-state index contributed by atoms with van der Waals surface area (Å²) in [4.78, 5) is 28.7. The molecule has 0 saturated carbocycles. The smallest absolute Gasteiger partial charge is 0.337 e. The maximum atomic E-state index is 12.9. The quantitative estimate of drug-likeness (QED) is 0.736. The molecule has 1 amide bonds. The first-order valence-electron chi connectivity index (χ1n) is 10.2. The van der Waals surface area contributed by atoms with Crippen LogP contribution in [-0.2, 0) is 4.74 Å². The number of carbonyl (C=O) groups excluding carboxylic acids is 2. The van der Waals surface area contributed by atoms with Crippen molar-refractivity contribution in [2.75, 3.05) is 38.3 Å². The summed E-state index contributed by atoms with van der Waals surface area (Å²) in [6.45, 7) is 3.06.